The van der Waals surface area contributed by atoms with Crippen molar-refractivity contribution in [3.05, 3.63) is 71.1 Å². The zero-order chi connectivity index (χ0) is 17.7. The average Bonchev–Trinajstić information content (AvgIpc) is 3.09. The Bertz CT molecular complexity index is 986. The minimum atomic E-state index is -3.44. The summed E-state index contributed by atoms with van der Waals surface area (Å²) >= 11 is 7.33. The van der Waals surface area contributed by atoms with Gasteiger partial charge in [-0.2, -0.15) is 0 Å². The molecule has 0 atom stereocenters. The van der Waals surface area contributed by atoms with Gasteiger partial charge in [-0.3, -0.25) is 0 Å². The quantitative estimate of drug-likeness (QED) is 0.576. The molecule has 3 rings (SSSR count). The number of hydrogen-bond donors (Lipinski definition) is 0. The monoisotopic (exact) mass is 392 g/mol. The smallest absolute Gasteiger partial charge is 0.277 e. The topological polar surface area (TPSA) is 73.1 Å². The molecule has 5 nitrogen and oxygen atoms in total. The van der Waals surface area contributed by atoms with E-state index >= 15 is 0 Å². The maximum Gasteiger partial charge on any atom is 0.277 e. The summed E-state index contributed by atoms with van der Waals surface area (Å²) in [5.41, 5.74) is 0.658. The molecular weight excluding hydrogens is 380 g/mol. The van der Waals surface area contributed by atoms with Crippen molar-refractivity contribution in [3.8, 4) is 11.5 Å². The Morgan fingerprint density at radius 3 is 2.52 bits per heavy atom. The summed E-state index contributed by atoms with van der Waals surface area (Å²) in [5, 5.41) is 9.94. The van der Waals surface area contributed by atoms with Crippen LogP contribution in [0.3, 0.4) is 0 Å². The van der Waals surface area contributed by atoms with E-state index in [0.717, 1.165) is 0 Å². The van der Waals surface area contributed by atoms with Gasteiger partial charge in [0.25, 0.3) is 5.22 Å². The fraction of sp³-hybridized carbons (Fsp3) is 0.0588. The molecule has 3 aromatic rings. The average molecular weight is 393 g/mol. The predicted octanol–water partition coefficient (Wildman–Crippen LogP) is 4.47. The van der Waals surface area contributed by atoms with Crippen molar-refractivity contribution < 1.29 is 12.8 Å². The van der Waals surface area contributed by atoms with Crippen LogP contribution in [0, 0.1) is 0 Å². The lowest BCUT2D eigenvalue weighted by atomic mass is 10.2. The zero-order valence-corrected chi connectivity index (χ0v) is 15.3. The Morgan fingerprint density at radius 2 is 1.76 bits per heavy atom. The van der Waals surface area contributed by atoms with Crippen LogP contribution in [0.4, 0.5) is 0 Å². The molecule has 25 heavy (non-hydrogen) atoms. The normalized spacial score (nSPS) is 11.9. The van der Waals surface area contributed by atoms with Crippen molar-refractivity contribution in [2.24, 2.45) is 0 Å². The summed E-state index contributed by atoms with van der Waals surface area (Å²) in [4.78, 5) is 0.259. The first-order chi connectivity index (χ1) is 12.1. The third-order valence-electron chi connectivity index (χ3n) is 3.16. The molecule has 1 aromatic heterocycles. The number of hydrogen-bond acceptors (Lipinski definition) is 6. The Kier molecular flexibility index (Phi) is 5.57. The first kappa shape index (κ1) is 17.7. The van der Waals surface area contributed by atoms with E-state index in [1.165, 1.54) is 17.2 Å². The fourth-order valence-corrected chi connectivity index (χ4v) is 3.94. The highest BCUT2D eigenvalue weighted by molar-refractivity contribution is 7.99. The third kappa shape index (κ3) is 4.50. The Morgan fingerprint density at radius 1 is 1.04 bits per heavy atom. The molecule has 0 unspecified atom stereocenters. The lowest BCUT2D eigenvalue weighted by molar-refractivity contribution is 0.466. The van der Waals surface area contributed by atoms with Gasteiger partial charge < -0.3 is 4.42 Å². The van der Waals surface area contributed by atoms with Gasteiger partial charge in [0, 0.05) is 11.2 Å². The van der Waals surface area contributed by atoms with Crippen molar-refractivity contribution in [1.82, 2.24) is 10.2 Å². The van der Waals surface area contributed by atoms with Gasteiger partial charge in [-0.1, -0.05) is 59.8 Å². The van der Waals surface area contributed by atoms with Gasteiger partial charge in [-0.25, -0.2) is 8.42 Å². The van der Waals surface area contributed by atoms with E-state index in [9.17, 15) is 8.42 Å². The summed E-state index contributed by atoms with van der Waals surface area (Å²) in [7, 11) is -3.44. The third-order valence-corrected chi connectivity index (χ3v) is 5.74. The molecule has 0 saturated heterocycles. The molecule has 1 heterocycles. The molecular formula is C17H13ClN2O3S2. The lowest BCUT2D eigenvalue weighted by Gasteiger charge is -1.97. The van der Waals surface area contributed by atoms with Crippen LogP contribution in [0.15, 0.2) is 80.6 Å². The van der Waals surface area contributed by atoms with Crippen molar-refractivity contribution in [2.45, 2.75) is 10.1 Å². The fourth-order valence-electron chi connectivity index (χ4n) is 1.99. The number of rotatable bonds is 6. The van der Waals surface area contributed by atoms with E-state index in [0.29, 0.717) is 27.5 Å². The van der Waals surface area contributed by atoms with Crippen LogP contribution in [-0.2, 0) is 9.84 Å². The first-order valence-corrected chi connectivity index (χ1v) is 10.1. The standard InChI is InChI=1S/C17H13ClN2O3S2/c18-15-10-5-4-9-14(15)16-19-20-17(23-16)24-11-6-12-25(21,22)13-7-2-1-3-8-13/h1-10,12H,11H2. The number of thioether (sulfide) groups is 1. The van der Waals surface area contributed by atoms with Crippen LogP contribution in [-0.4, -0.2) is 24.4 Å². The summed E-state index contributed by atoms with van der Waals surface area (Å²) in [5.74, 6) is 0.713. The summed E-state index contributed by atoms with van der Waals surface area (Å²) in [6.07, 6.45) is 1.55. The summed E-state index contributed by atoms with van der Waals surface area (Å²) in [6.45, 7) is 0. The highest BCUT2D eigenvalue weighted by Gasteiger charge is 2.12. The molecule has 0 radical (unpaired) electrons. The van der Waals surface area contributed by atoms with E-state index in [1.54, 1.807) is 48.5 Å². The molecule has 0 bridgehead atoms. The molecule has 0 spiro atoms. The van der Waals surface area contributed by atoms with Gasteiger partial charge in [0.1, 0.15) is 0 Å². The van der Waals surface area contributed by atoms with Crippen molar-refractivity contribution in [1.29, 1.82) is 0 Å². The summed E-state index contributed by atoms with van der Waals surface area (Å²) < 4.78 is 29.8. The van der Waals surface area contributed by atoms with E-state index < -0.39 is 9.84 Å². The van der Waals surface area contributed by atoms with Crippen molar-refractivity contribution >= 4 is 33.2 Å². The Balaban J connectivity index is 1.63. The van der Waals surface area contributed by atoms with Crippen LogP contribution in [0.2, 0.25) is 5.02 Å². The molecule has 0 amide bonds. The molecule has 0 fully saturated rings. The number of halogens is 1. The molecule has 8 heteroatoms. The maximum absolute atomic E-state index is 12.1. The minimum absolute atomic E-state index is 0.259. The number of benzene rings is 2. The SMILES string of the molecule is O=S(=O)(C=CCSc1nnc(-c2ccccc2Cl)o1)c1ccccc1. The second-order valence-corrected chi connectivity index (χ2v) is 8.11. The molecule has 0 aliphatic carbocycles. The van der Waals surface area contributed by atoms with Gasteiger partial charge >= 0.3 is 0 Å². The van der Waals surface area contributed by atoms with Crippen molar-refractivity contribution in [3.63, 3.8) is 0 Å². The Labute approximate surface area is 154 Å². The molecule has 0 saturated carbocycles. The highest BCUT2D eigenvalue weighted by Crippen LogP contribution is 2.28. The van der Waals surface area contributed by atoms with Crippen LogP contribution in [0.1, 0.15) is 0 Å². The van der Waals surface area contributed by atoms with Crippen LogP contribution >= 0.6 is 23.4 Å². The second-order valence-electron chi connectivity index (χ2n) is 4.89. The van der Waals surface area contributed by atoms with E-state index in [2.05, 4.69) is 10.2 Å². The number of aromatic nitrogens is 2. The first-order valence-electron chi connectivity index (χ1n) is 7.24. The van der Waals surface area contributed by atoms with Gasteiger partial charge in [0.05, 0.1) is 15.5 Å². The molecule has 0 aliphatic rings. The lowest BCUT2D eigenvalue weighted by Crippen LogP contribution is -1.95. The van der Waals surface area contributed by atoms with E-state index in [4.69, 9.17) is 16.0 Å². The van der Waals surface area contributed by atoms with Gasteiger partial charge in [-0.05, 0) is 24.3 Å². The van der Waals surface area contributed by atoms with E-state index in [1.807, 2.05) is 12.1 Å². The largest absolute Gasteiger partial charge is 0.411 e. The van der Waals surface area contributed by atoms with Crippen molar-refractivity contribution in [2.75, 3.05) is 5.75 Å². The Hall–Kier alpha value is -2.09. The van der Waals surface area contributed by atoms with Crippen LogP contribution < -0.4 is 0 Å². The highest BCUT2D eigenvalue weighted by atomic mass is 35.5. The molecule has 0 aliphatic heterocycles. The van der Waals surface area contributed by atoms with Crippen LogP contribution in [0.25, 0.3) is 11.5 Å². The van der Waals surface area contributed by atoms with E-state index in [-0.39, 0.29) is 4.90 Å². The zero-order valence-electron chi connectivity index (χ0n) is 12.9. The molecule has 128 valence electrons. The van der Waals surface area contributed by atoms with Crippen LogP contribution in [0.5, 0.6) is 0 Å². The summed E-state index contributed by atoms with van der Waals surface area (Å²) in [6, 6.07) is 15.4. The molecule has 2 aromatic carbocycles. The number of nitrogens with zero attached hydrogens (tertiary/aromatic N) is 2. The molecule has 0 N–H and O–H groups in total. The predicted molar refractivity (Wildman–Crippen MR) is 98.2 cm³/mol. The van der Waals surface area contributed by atoms with Gasteiger partial charge in [0.2, 0.25) is 5.89 Å². The van der Waals surface area contributed by atoms with Gasteiger partial charge in [0.15, 0.2) is 9.84 Å². The number of sulfone groups is 1. The minimum Gasteiger partial charge on any atom is -0.411 e. The maximum atomic E-state index is 12.1. The second kappa shape index (κ2) is 7.86. The van der Waals surface area contributed by atoms with Gasteiger partial charge in [-0.15, -0.1) is 10.2 Å².